The highest BCUT2D eigenvalue weighted by molar-refractivity contribution is 6.07. The Morgan fingerprint density at radius 1 is 0.411 bits per heavy atom. The van der Waals surface area contributed by atoms with Gasteiger partial charge in [0.1, 0.15) is 42.0 Å². The van der Waals surface area contributed by atoms with Crippen molar-refractivity contribution in [2.24, 2.45) is 23.7 Å². The third kappa shape index (κ3) is 29.1. The minimum Gasteiger partial charge on any atom is -0.481 e. The predicted octanol–water partition coefficient (Wildman–Crippen LogP) is 9.31. The van der Waals surface area contributed by atoms with E-state index in [1.807, 2.05) is 189 Å². The molecule has 0 saturated carbocycles. The first-order valence-corrected chi connectivity index (χ1v) is 51.8. The van der Waals surface area contributed by atoms with Crippen molar-refractivity contribution in [1.29, 1.82) is 0 Å². The first kappa shape index (κ1) is 111. The van der Waals surface area contributed by atoms with Gasteiger partial charge in [0.15, 0.2) is 0 Å². The van der Waals surface area contributed by atoms with Crippen molar-refractivity contribution in [3.05, 3.63) is 167 Å². The minimum absolute atomic E-state index is 0.0193. The topological polar surface area (TPSA) is 465 Å². The maximum absolute atomic E-state index is 15.0. The van der Waals surface area contributed by atoms with Crippen LogP contribution >= 0.6 is 0 Å². The summed E-state index contributed by atoms with van der Waals surface area (Å²) in [6, 6.07) is 28.1. The van der Waals surface area contributed by atoms with E-state index in [0.29, 0.717) is 156 Å². The Balaban J connectivity index is 0.733. The molecule has 13 N–H and O–H groups in total. The van der Waals surface area contributed by atoms with Gasteiger partial charge in [-0.15, -0.1) is 0 Å². The smallest absolute Gasteiger partial charge is 0.305 e. The highest BCUT2D eigenvalue weighted by Crippen LogP contribution is 2.37. The quantitative estimate of drug-likeness (QED) is 0.0319. The molecule has 35 nitrogen and oxygen atoms in total. The van der Waals surface area contributed by atoms with Crippen molar-refractivity contribution in [2.75, 3.05) is 75.2 Å². The zero-order chi connectivity index (χ0) is 106. The molecule has 0 aromatic heterocycles. The number of nitrogens with one attached hydrogen (secondary N) is 11. The summed E-state index contributed by atoms with van der Waals surface area (Å²) in [6.45, 7) is 33.1. The number of rotatable bonds is 21. The summed E-state index contributed by atoms with van der Waals surface area (Å²) in [7, 11) is 0. The summed E-state index contributed by atoms with van der Waals surface area (Å²) in [4.78, 5) is 240. The number of carbonyl (C=O) groups is 16. The standard InChI is InChI=1S/C111H149N17O18/c1-17-66(7)95-104(141)113-68(9)97(106(143)121-110(11,12)13)127-45-23-29-88(127)90(129)44-37-72-57-73(99(136)115-76(55-64(3)4)59-91(130)117-86(61-93(132)133)101(138)119-95)35-42-80(72)70-31-38-78(39-32-70)123-47-51-125(52-48-123)108(145)84-27-21-19-25-82(84)83-26-20-22-28-85(83)109(146)126-53-49-124(50-54-126)79-40-33-71(34-41-79)81-43-36-74-58-75(81)63-112-103(140)89-30-24-46-128(89)98(107(144)122-111(14,15)16)69(10)114-105(142)96(67(8)18-2)120-102(139)87(62-94(134)135)118-92(131)60-77(56-65(5)6)116-100(74)137/h19-22,25-28,31-36,38-43,57-58,64-69,76-77,86-89,95-98H,17-18,23-24,29-30,37,44-56,59-63H2,1-16H3,(H,112,140)(H,113,141)(H,114,142)(H,115,136)(H,116,137)(H,117,130)(H,118,131)(H,119,138)(H,120,139)(H,121,143)(H,122,144)(H,132,133)(H,134,135)/t66-,67-,68-,69-,76-,77-,86-,87-,88-,89-,95-,96-,97-,98-/m0/s1. The first-order chi connectivity index (χ1) is 69.2. The van der Waals surface area contributed by atoms with E-state index < -0.39 is 185 Å². The number of Topliss-reactive ketones (excluding diaryl/α,β-unsaturated/α-hetero) is 1. The number of anilines is 2. The van der Waals surface area contributed by atoms with Crippen molar-refractivity contribution in [1.82, 2.24) is 78.1 Å². The average Bonchev–Trinajstić information content (AvgIpc) is 1.48. The van der Waals surface area contributed by atoms with Gasteiger partial charge in [-0.2, -0.15) is 0 Å². The lowest BCUT2D eigenvalue weighted by Crippen LogP contribution is -2.64. The molecule has 14 atom stereocenters. The van der Waals surface area contributed by atoms with Crippen LogP contribution in [0.2, 0.25) is 0 Å². The molecule has 13 amide bonds. The third-order valence-electron chi connectivity index (χ3n) is 28.5. The van der Waals surface area contributed by atoms with Gasteiger partial charge in [0.2, 0.25) is 53.2 Å². The number of carboxylic acid groups (broad SMARTS) is 2. The Labute approximate surface area is 856 Å². The second kappa shape index (κ2) is 49.6. The number of aryl methyl sites for hydroxylation is 1. The fourth-order valence-corrected chi connectivity index (χ4v) is 20.9. The summed E-state index contributed by atoms with van der Waals surface area (Å²) in [5.74, 6) is -11.2. The predicted molar refractivity (Wildman–Crippen MR) is 557 cm³/mol. The Hall–Kier alpha value is -13.4. The van der Waals surface area contributed by atoms with Gasteiger partial charge in [-0.25, -0.2) is 0 Å². The van der Waals surface area contributed by atoms with Gasteiger partial charge < -0.3 is 88.3 Å². The summed E-state index contributed by atoms with van der Waals surface area (Å²) in [5.41, 5.74) is 7.14. The van der Waals surface area contributed by atoms with Crippen LogP contribution in [0.5, 0.6) is 0 Å². The summed E-state index contributed by atoms with van der Waals surface area (Å²) >= 11 is 0. The van der Waals surface area contributed by atoms with Crippen LogP contribution in [0.15, 0.2) is 133 Å². The van der Waals surface area contributed by atoms with Crippen molar-refractivity contribution in [3.8, 4) is 33.4 Å². The van der Waals surface area contributed by atoms with Crippen LogP contribution in [-0.2, 0) is 70.5 Å². The molecule has 35 heteroatoms. The molecule has 146 heavy (non-hydrogen) atoms. The number of hydrogen-bond donors (Lipinski definition) is 13. The van der Waals surface area contributed by atoms with Gasteiger partial charge in [-0.3, -0.25) is 86.5 Å². The molecule has 0 radical (unpaired) electrons. The van der Waals surface area contributed by atoms with Crippen molar-refractivity contribution < 1.29 is 86.9 Å². The second-order valence-corrected chi connectivity index (χ2v) is 43.1. The van der Waals surface area contributed by atoms with E-state index in [4.69, 9.17) is 0 Å². The van der Waals surface area contributed by atoms with E-state index in [1.165, 1.54) is 0 Å². The SMILES string of the molecule is CC[C@H](C)[C@@H]1NC(=O)[C@H](CC(=O)O)NC(=O)C[C@H](CC(C)C)NC(=O)c2ccc(-c3ccc(N4CCN(C(=O)c5ccccc5-c5ccccc5C(=O)N5CCN(c6ccc(-c7ccc8cc7CNC(=O)[C@@H]7CCCN7[C@H](C(=O)NC(C)(C)C)[C@H](C)NC(=O)[C@H]([C@@H](C)CC)NC(=O)[C@H](CC(=O)O)NC(=O)C[C@H](CC(C)C)NC8=O)cc6)CC5)CC4)cc3)c(c2)CCC(=O)[C@@H]2CCCN2[C@H](C(=O)NC(C)(C)C)[C@H](C)NC1=O. The van der Waals surface area contributed by atoms with Gasteiger partial charge in [0, 0.05) is 135 Å². The molecule has 6 aliphatic rings. The highest BCUT2D eigenvalue weighted by atomic mass is 16.4. The van der Waals surface area contributed by atoms with E-state index in [-0.39, 0.29) is 72.8 Å². The Kier molecular flexibility index (Phi) is 37.8. The molecule has 0 aliphatic carbocycles. The van der Waals surface area contributed by atoms with E-state index in [1.54, 1.807) is 75.1 Å². The van der Waals surface area contributed by atoms with Gasteiger partial charge in [-0.05, 0) is 242 Å². The fraction of sp³-hybridized carbons (Fsp3) is 0.532. The number of fused-ring (bicyclic) bond motifs is 6. The van der Waals surface area contributed by atoms with Crippen LogP contribution in [0.25, 0.3) is 33.4 Å². The molecule has 4 fully saturated rings. The Morgan fingerprint density at radius 2 is 0.788 bits per heavy atom. The molecule has 786 valence electrons. The minimum atomic E-state index is -1.62. The number of hydrogen-bond acceptors (Lipinski definition) is 20. The number of carbonyl (C=O) groups excluding carboxylic acids is 14. The van der Waals surface area contributed by atoms with E-state index >= 15 is 14.4 Å². The molecule has 4 saturated heterocycles. The van der Waals surface area contributed by atoms with Gasteiger partial charge in [0.05, 0.1) is 37.0 Å². The maximum Gasteiger partial charge on any atom is 0.305 e. The van der Waals surface area contributed by atoms with Crippen LogP contribution in [0, 0.1) is 23.7 Å². The molecule has 6 heterocycles. The lowest BCUT2D eigenvalue weighted by atomic mass is 9.92. The molecule has 6 aromatic carbocycles. The molecular weight excluding hydrogens is 1860 g/mol. The van der Waals surface area contributed by atoms with Gasteiger partial charge >= 0.3 is 11.9 Å². The van der Waals surface area contributed by atoms with Crippen LogP contribution in [-0.4, -0.2) is 273 Å². The summed E-state index contributed by atoms with van der Waals surface area (Å²) < 4.78 is 0. The van der Waals surface area contributed by atoms with Crippen LogP contribution in [0.3, 0.4) is 0 Å². The molecule has 0 spiro atoms. The molecule has 6 aromatic rings. The lowest BCUT2D eigenvalue weighted by Gasteiger charge is -2.38. The highest BCUT2D eigenvalue weighted by Gasteiger charge is 2.47. The normalized spacial score (nSPS) is 23.8. The largest absolute Gasteiger partial charge is 0.481 e. The van der Waals surface area contributed by atoms with Gasteiger partial charge in [-0.1, -0.05) is 141 Å². The van der Waals surface area contributed by atoms with E-state index in [2.05, 4.69) is 68.3 Å². The van der Waals surface area contributed by atoms with Crippen LogP contribution in [0.4, 0.5) is 11.4 Å². The van der Waals surface area contributed by atoms with Gasteiger partial charge in [0.25, 0.3) is 23.6 Å². The summed E-state index contributed by atoms with van der Waals surface area (Å²) in [6.07, 6.45) is 1.31. The number of aliphatic carboxylic acids is 2. The van der Waals surface area contributed by atoms with E-state index in [0.717, 1.165) is 28.1 Å². The third-order valence-corrected chi connectivity index (χ3v) is 28.5. The number of nitrogens with zero attached hydrogens (tertiary/aromatic N) is 6. The molecule has 6 aliphatic heterocycles. The summed E-state index contributed by atoms with van der Waals surface area (Å²) in [5, 5.41) is 51.9. The number of carboxylic acids is 2. The van der Waals surface area contributed by atoms with Crippen molar-refractivity contribution >= 4 is 106 Å². The van der Waals surface area contributed by atoms with Crippen molar-refractivity contribution in [2.45, 2.75) is 291 Å². The number of amides is 13. The van der Waals surface area contributed by atoms with E-state index in [9.17, 15) is 72.5 Å². The number of piperazine rings is 2. The molecular formula is C111H149N17O18. The van der Waals surface area contributed by atoms with Crippen LogP contribution < -0.4 is 68.3 Å². The first-order valence-electron chi connectivity index (χ1n) is 51.8. The van der Waals surface area contributed by atoms with Crippen LogP contribution in [0.1, 0.15) is 247 Å². The zero-order valence-corrected chi connectivity index (χ0v) is 87.2. The van der Waals surface area contributed by atoms with Crippen molar-refractivity contribution in [3.63, 3.8) is 0 Å². The second-order valence-electron chi connectivity index (χ2n) is 43.1. The average molecular weight is 2010 g/mol. The molecule has 12 rings (SSSR count). The molecule has 0 unspecified atom stereocenters. The Bertz CT molecular complexity index is 5410. The monoisotopic (exact) mass is 2010 g/mol. The lowest BCUT2D eigenvalue weighted by molar-refractivity contribution is -0.142. The Morgan fingerprint density at radius 3 is 1.18 bits per heavy atom. The zero-order valence-electron chi connectivity index (χ0n) is 87.2. The maximum atomic E-state index is 15.0. The number of benzene rings is 6. The fourth-order valence-electron chi connectivity index (χ4n) is 20.9. The molecule has 4 bridgehead atoms. The number of ketones is 1.